The molecule has 0 spiro atoms. The fourth-order valence-corrected chi connectivity index (χ4v) is 0.320. The fraction of sp³-hybridized carbons (Fsp3) is 0.500. The number of nitrogens with two attached hydrogens (primary N) is 1. The molecule has 0 saturated carbocycles. The summed E-state index contributed by atoms with van der Waals surface area (Å²) in [7, 11) is 1.59. The van der Waals surface area contributed by atoms with Crippen LogP contribution in [0.1, 0.15) is 22.2 Å². The first kappa shape index (κ1) is 11.8. The maximum absolute atomic E-state index is 5.22. The van der Waals surface area contributed by atoms with E-state index in [1.807, 2.05) is 20.8 Å². The Labute approximate surface area is 64.9 Å². The van der Waals surface area contributed by atoms with Crippen LogP contribution in [0, 0.1) is 0 Å². The van der Waals surface area contributed by atoms with Crippen LogP contribution in [0.3, 0.4) is 0 Å². The van der Waals surface area contributed by atoms with E-state index >= 15 is 0 Å². The van der Waals surface area contributed by atoms with Gasteiger partial charge in [-0.2, -0.15) is 0 Å². The molecule has 0 saturated heterocycles. The molecular weight excluding hydrogens is 126 g/mol. The molecule has 0 atom stereocenters. The minimum absolute atomic E-state index is 0. The molecule has 62 valence electrons. The molecule has 2 N–H and O–H groups in total. The first-order valence-electron chi connectivity index (χ1n) is 3.33. The zero-order valence-corrected chi connectivity index (χ0v) is 7.27. The molecule has 2 nitrogen and oxygen atoms in total. The van der Waals surface area contributed by atoms with Gasteiger partial charge in [0.15, 0.2) is 0 Å². The Bertz CT molecular complexity index is 121. The number of methoxy groups -OCH3 is 1. The number of allylic oxidation sites excluding steroid dienone is 2. The van der Waals surface area contributed by atoms with Crippen LogP contribution in [0.4, 0.5) is 0 Å². The van der Waals surface area contributed by atoms with Crippen LogP contribution in [-0.4, -0.2) is 7.11 Å². The average Bonchev–Trinajstić information content (AvgIpc) is 1.91. The molecule has 0 heterocycles. The molecule has 0 aromatic heterocycles. The van der Waals surface area contributed by atoms with Gasteiger partial charge in [0.2, 0.25) is 0 Å². The number of ether oxygens (including phenoxy) is 1. The maximum atomic E-state index is 5.22. The second-order valence-electron chi connectivity index (χ2n) is 1.53. The zero-order valence-electron chi connectivity index (χ0n) is 7.27. The molecule has 0 bridgehead atoms. The van der Waals surface area contributed by atoms with Crippen molar-refractivity contribution in [2.24, 2.45) is 5.73 Å². The third-order valence-electron chi connectivity index (χ3n) is 0.711. The molecule has 0 amide bonds. The third-order valence-corrected chi connectivity index (χ3v) is 0.711. The smallest absolute Gasteiger partial charge is 0.0944 e. The lowest BCUT2D eigenvalue weighted by atomic mass is 10.4. The monoisotopic (exact) mass is 145 g/mol. The Morgan fingerprint density at radius 1 is 1.60 bits per heavy atom. The Morgan fingerprint density at radius 3 is 2.10 bits per heavy atom. The molecule has 0 radical (unpaired) electrons. The van der Waals surface area contributed by atoms with Crippen LogP contribution >= 0.6 is 0 Å². The summed E-state index contributed by atoms with van der Waals surface area (Å²) < 4.78 is 4.78. The molecule has 2 heteroatoms. The summed E-state index contributed by atoms with van der Waals surface area (Å²) in [5.41, 5.74) is 5.74. The van der Waals surface area contributed by atoms with Crippen molar-refractivity contribution >= 4 is 0 Å². The van der Waals surface area contributed by atoms with E-state index in [0.29, 0.717) is 5.70 Å². The Balaban J connectivity index is -0.000000196. The molecule has 0 aromatic carbocycles. The summed E-state index contributed by atoms with van der Waals surface area (Å²) in [6.45, 7) is 9.28. The van der Waals surface area contributed by atoms with Crippen molar-refractivity contribution in [3.05, 3.63) is 24.1 Å². The molecule has 0 aliphatic carbocycles. The van der Waals surface area contributed by atoms with E-state index in [4.69, 9.17) is 10.5 Å². The largest absolute Gasteiger partial charge is 0.501 e. The van der Waals surface area contributed by atoms with Crippen LogP contribution in [0.5, 0.6) is 0 Å². The van der Waals surface area contributed by atoms with Crippen molar-refractivity contribution in [3.63, 3.8) is 0 Å². The van der Waals surface area contributed by atoms with Gasteiger partial charge in [-0.3, -0.25) is 0 Å². The van der Waals surface area contributed by atoms with Crippen LogP contribution < -0.4 is 5.73 Å². The Kier molecular flexibility index (Phi) is 9.56. The lowest BCUT2D eigenvalue weighted by Crippen LogP contribution is -1.91. The summed E-state index contributed by atoms with van der Waals surface area (Å²) in [6.07, 6.45) is 1.67. The van der Waals surface area contributed by atoms with E-state index in [1.54, 1.807) is 13.2 Å². The summed E-state index contributed by atoms with van der Waals surface area (Å²) in [5, 5.41) is 0. The van der Waals surface area contributed by atoms with Crippen molar-refractivity contribution in [2.75, 3.05) is 7.11 Å². The minimum atomic E-state index is 0. The van der Waals surface area contributed by atoms with Gasteiger partial charge in [-0.15, -0.1) is 0 Å². The van der Waals surface area contributed by atoms with Crippen LogP contribution in [0.25, 0.3) is 0 Å². The van der Waals surface area contributed by atoms with Gasteiger partial charge in [-0.25, -0.2) is 0 Å². The summed E-state index contributed by atoms with van der Waals surface area (Å²) in [4.78, 5) is 0. The van der Waals surface area contributed by atoms with E-state index in [2.05, 4.69) is 6.58 Å². The lowest BCUT2D eigenvalue weighted by molar-refractivity contribution is 0.293. The first-order valence-corrected chi connectivity index (χ1v) is 3.33. The van der Waals surface area contributed by atoms with Gasteiger partial charge < -0.3 is 10.5 Å². The van der Waals surface area contributed by atoms with E-state index in [9.17, 15) is 0 Å². The number of rotatable bonds is 2. The molecule has 0 aliphatic heterocycles. The first-order chi connectivity index (χ1) is 4.66. The minimum Gasteiger partial charge on any atom is -0.501 e. The highest BCUT2D eigenvalue weighted by atomic mass is 16.5. The molecule has 0 unspecified atom stereocenters. The van der Waals surface area contributed by atoms with E-state index in [0.717, 1.165) is 5.76 Å². The van der Waals surface area contributed by atoms with Crippen LogP contribution in [0.15, 0.2) is 24.1 Å². The van der Waals surface area contributed by atoms with Gasteiger partial charge in [-0.1, -0.05) is 20.4 Å². The van der Waals surface area contributed by atoms with Crippen LogP contribution in [-0.2, 0) is 4.74 Å². The SMILES string of the molecule is C=C(N)/C=C(\C)OC.CC.[HH]. The number of hydrogen-bond donors (Lipinski definition) is 1. The highest BCUT2D eigenvalue weighted by Crippen LogP contribution is 1.93. The zero-order chi connectivity index (χ0) is 8.57. The molecule has 0 aromatic rings. The highest BCUT2D eigenvalue weighted by molar-refractivity contribution is 5.12. The van der Waals surface area contributed by atoms with Crippen molar-refractivity contribution in [1.82, 2.24) is 0 Å². The Morgan fingerprint density at radius 2 is 2.00 bits per heavy atom. The van der Waals surface area contributed by atoms with Crippen molar-refractivity contribution < 1.29 is 6.16 Å². The normalized spacial score (nSPS) is 9.40. The topological polar surface area (TPSA) is 35.2 Å². The van der Waals surface area contributed by atoms with Crippen molar-refractivity contribution in [2.45, 2.75) is 20.8 Å². The number of hydrogen-bond acceptors (Lipinski definition) is 2. The Hall–Kier alpha value is -0.920. The predicted octanol–water partition coefficient (Wildman–Crippen LogP) is 2.28. The maximum Gasteiger partial charge on any atom is 0.0944 e. The van der Waals surface area contributed by atoms with E-state index < -0.39 is 0 Å². The molecule has 10 heavy (non-hydrogen) atoms. The van der Waals surface area contributed by atoms with Gasteiger partial charge >= 0.3 is 0 Å². The van der Waals surface area contributed by atoms with E-state index in [-0.39, 0.29) is 1.43 Å². The second-order valence-corrected chi connectivity index (χ2v) is 1.53. The molecule has 0 rings (SSSR count). The van der Waals surface area contributed by atoms with Crippen molar-refractivity contribution in [1.29, 1.82) is 0 Å². The van der Waals surface area contributed by atoms with E-state index in [1.165, 1.54) is 0 Å². The standard InChI is InChI=1S/C6H11NO.C2H6.H2/c1-5(7)4-6(2)8-3;1-2;/h4H,1,7H2,2-3H3;1-2H3;1H/b6-4+;;. The van der Waals surface area contributed by atoms with Gasteiger partial charge in [0.05, 0.1) is 12.9 Å². The summed E-state index contributed by atoms with van der Waals surface area (Å²) >= 11 is 0. The van der Waals surface area contributed by atoms with Gasteiger partial charge in [0.25, 0.3) is 0 Å². The molecular formula is C8H19NO. The quantitative estimate of drug-likeness (QED) is 0.478. The average molecular weight is 145 g/mol. The second kappa shape index (κ2) is 8.08. The molecule has 0 fully saturated rings. The van der Waals surface area contributed by atoms with Gasteiger partial charge in [0, 0.05) is 7.12 Å². The highest BCUT2D eigenvalue weighted by Gasteiger charge is 1.81. The fourth-order valence-electron chi connectivity index (χ4n) is 0.320. The summed E-state index contributed by atoms with van der Waals surface area (Å²) in [6, 6.07) is 0. The summed E-state index contributed by atoms with van der Waals surface area (Å²) in [5.74, 6) is 0.775. The van der Waals surface area contributed by atoms with Gasteiger partial charge in [0.1, 0.15) is 0 Å². The van der Waals surface area contributed by atoms with Gasteiger partial charge in [-0.05, 0) is 13.0 Å². The van der Waals surface area contributed by atoms with Crippen molar-refractivity contribution in [3.8, 4) is 0 Å². The third kappa shape index (κ3) is 10.1. The molecule has 0 aliphatic rings. The van der Waals surface area contributed by atoms with Crippen LogP contribution in [0.2, 0.25) is 0 Å². The lowest BCUT2D eigenvalue weighted by Gasteiger charge is -1.95. The predicted molar refractivity (Wildman–Crippen MR) is 47.6 cm³/mol.